The molecule has 1 nitrogen and oxygen atoms in total. The van der Waals surface area contributed by atoms with E-state index in [0.29, 0.717) is 31.0 Å². The molecule has 0 saturated carbocycles. The predicted molar refractivity (Wildman–Crippen MR) is 108 cm³/mol. The normalized spacial score (nSPS) is 12.3. The molecule has 12 heteroatoms. The van der Waals surface area contributed by atoms with Crippen molar-refractivity contribution in [3.63, 3.8) is 0 Å². The maximum atomic E-state index is 14.8. The Hall–Kier alpha value is -2.53. The lowest BCUT2D eigenvalue weighted by molar-refractivity contribution is -0.281. The van der Waals surface area contributed by atoms with Crippen LogP contribution < -0.4 is 4.90 Å². The zero-order valence-corrected chi connectivity index (χ0v) is 18.5. The van der Waals surface area contributed by atoms with Gasteiger partial charge >= 0.3 is 12.2 Å². The number of anilines is 1. The summed E-state index contributed by atoms with van der Waals surface area (Å²) in [6, 6.07) is -4.19. The van der Waals surface area contributed by atoms with Gasteiger partial charge in [0.2, 0.25) is 0 Å². The lowest BCUT2D eigenvalue weighted by Gasteiger charge is -2.36. The fourth-order valence-corrected chi connectivity index (χ4v) is 3.59. The van der Waals surface area contributed by atoms with Gasteiger partial charge in [0.15, 0.2) is 34.9 Å². The lowest BCUT2D eigenvalue weighted by atomic mass is 9.99. The average Bonchev–Trinajstić information content (AvgIpc) is 2.78. The first-order valence-corrected chi connectivity index (χ1v) is 10.8. The van der Waals surface area contributed by atoms with Crippen LogP contribution in [0.3, 0.4) is 0 Å². The summed E-state index contributed by atoms with van der Waals surface area (Å²) in [5.74, 6) is -14.0. The molecule has 0 aliphatic rings. The number of benzene rings is 2. The molecule has 0 aliphatic carbocycles. The molecule has 2 aromatic rings. The molecule has 0 N–H and O–H groups in total. The Balaban J connectivity index is 2.67. The number of hydrogen-bond donors (Lipinski definition) is 0. The average molecular weight is 521 g/mol. The highest BCUT2D eigenvalue weighted by molar-refractivity contribution is 5.81. The van der Waals surface area contributed by atoms with Crippen LogP contribution >= 0.6 is 0 Å². The van der Waals surface area contributed by atoms with Gasteiger partial charge in [-0.3, -0.25) is 0 Å². The maximum absolute atomic E-state index is 14.8. The highest BCUT2D eigenvalue weighted by Gasteiger charge is 2.63. The standard InChI is InChI=1S/C23H22F11N/c1-2-3-4-5-6-7-8-12-35(23(33,34)22(30,31)32)21-15(13-10-9-11-14(24)16(13)25)17(26)18(27)19(28)20(21)29/h9-11H,2-8,12H2,1H3. The Kier molecular flexibility index (Phi) is 9.41. The van der Waals surface area contributed by atoms with E-state index < -0.39 is 81.8 Å². The summed E-state index contributed by atoms with van der Waals surface area (Å²) in [5, 5.41) is 0. The van der Waals surface area contributed by atoms with Gasteiger partial charge < -0.3 is 4.90 Å². The molecule has 0 atom stereocenters. The van der Waals surface area contributed by atoms with Crippen molar-refractivity contribution in [3.8, 4) is 11.1 Å². The molecule has 2 aromatic carbocycles. The fourth-order valence-electron chi connectivity index (χ4n) is 3.59. The SMILES string of the molecule is CCCCCCCCCN(c1c(F)c(F)c(F)c(F)c1-c1cccc(F)c1F)C(F)(F)C(F)(F)F. The largest absolute Gasteiger partial charge is 0.475 e. The van der Waals surface area contributed by atoms with Crippen molar-refractivity contribution in [1.29, 1.82) is 0 Å². The molecule has 0 spiro atoms. The Morgan fingerprint density at radius 1 is 0.657 bits per heavy atom. The van der Waals surface area contributed by atoms with Crippen LogP contribution in [-0.2, 0) is 0 Å². The number of rotatable bonds is 11. The molecule has 0 heterocycles. The highest BCUT2D eigenvalue weighted by atomic mass is 19.4. The molecule has 0 fully saturated rings. The van der Waals surface area contributed by atoms with Crippen molar-refractivity contribution in [2.45, 2.75) is 64.1 Å². The summed E-state index contributed by atoms with van der Waals surface area (Å²) in [6.07, 6.45) is -3.05. The molecule has 2 rings (SSSR count). The minimum absolute atomic E-state index is 0.103. The first-order chi connectivity index (χ1) is 16.3. The minimum atomic E-state index is -6.36. The summed E-state index contributed by atoms with van der Waals surface area (Å²) in [7, 11) is 0. The van der Waals surface area contributed by atoms with Gasteiger partial charge in [-0.1, -0.05) is 57.6 Å². The van der Waals surface area contributed by atoms with E-state index in [0.717, 1.165) is 19.3 Å². The molecular formula is C23H22F11N. The maximum Gasteiger partial charge on any atom is 0.475 e. The number of nitrogens with zero attached hydrogens (tertiary/aromatic N) is 1. The highest BCUT2D eigenvalue weighted by Crippen LogP contribution is 2.47. The molecule has 0 bridgehead atoms. The summed E-state index contributed by atoms with van der Waals surface area (Å²) in [4.78, 5) is -0.973. The molecule has 0 aromatic heterocycles. The van der Waals surface area contributed by atoms with E-state index in [4.69, 9.17) is 0 Å². The molecule has 0 unspecified atom stereocenters. The molecule has 0 amide bonds. The minimum Gasteiger partial charge on any atom is -0.302 e. The third kappa shape index (κ3) is 6.00. The lowest BCUT2D eigenvalue weighted by Crippen LogP contribution is -2.53. The van der Waals surface area contributed by atoms with E-state index in [1.807, 2.05) is 6.92 Å². The van der Waals surface area contributed by atoms with Crippen molar-refractivity contribution >= 4 is 5.69 Å². The van der Waals surface area contributed by atoms with Crippen molar-refractivity contribution < 1.29 is 48.3 Å². The van der Waals surface area contributed by atoms with Gasteiger partial charge in [0.1, 0.15) is 0 Å². The predicted octanol–water partition coefficient (Wildman–Crippen LogP) is 8.90. The summed E-state index contributed by atoms with van der Waals surface area (Å²) < 4.78 is 154. The molecule has 0 aliphatic heterocycles. The van der Waals surface area contributed by atoms with Gasteiger partial charge in [0.25, 0.3) is 0 Å². The zero-order chi connectivity index (χ0) is 26.6. The van der Waals surface area contributed by atoms with Crippen molar-refractivity contribution in [2.24, 2.45) is 0 Å². The molecule has 0 saturated heterocycles. The van der Waals surface area contributed by atoms with Gasteiger partial charge in [0, 0.05) is 12.1 Å². The Morgan fingerprint density at radius 2 is 1.20 bits per heavy atom. The smallest absolute Gasteiger partial charge is 0.302 e. The van der Waals surface area contributed by atoms with Crippen LogP contribution in [0.15, 0.2) is 18.2 Å². The zero-order valence-electron chi connectivity index (χ0n) is 18.5. The number of alkyl halides is 5. The van der Waals surface area contributed by atoms with Crippen LogP contribution in [0, 0.1) is 34.9 Å². The van der Waals surface area contributed by atoms with Gasteiger partial charge in [-0.15, -0.1) is 0 Å². The van der Waals surface area contributed by atoms with Crippen LogP contribution in [0.4, 0.5) is 54.0 Å². The van der Waals surface area contributed by atoms with E-state index in [-0.39, 0.29) is 6.42 Å². The van der Waals surface area contributed by atoms with E-state index in [2.05, 4.69) is 0 Å². The van der Waals surface area contributed by atoms with Crippen LogP contribution in [0.1, 0.15) is 51.9 Å². The second kappa shape index (κ2) is 11.5. The fraction of sp³-hybridized carbons (Fsp3) is 0.478. The summed E-state index contributed by atoms with van der Waals surface area (Å²) in [6.45, 7) is 0.664. The van der Waals surface area contributed by atoms with E-state index >= 15 is 0 Å². The van der Waals surface area contributed by atoms with E-state index in [9.17, 15) is 48.3 Å². The quantitative estimate of drug-likeness (QED) is 0.0939. The first-order valence-electron chi connectivity index (χ1n) is 10.8. The van der Waals surface area contributed by atoms with Crippen molar-refractivity contribution in [3.05, 3.63) is 53.1 Å². The Morgan fingerprint density at radius 3 is 1.77 bits per heavy atom. The van der Waals surface area contributed by atoms with Crippen LogP contribution in [0.2, 0.25) is 0 Å². The second-order valence-corrected chi connectivity index (χ2v) is 7.89. The number of unbranched alkanes of at least 4 members (excludes halogenated alkanes) is 6. The summed E-state index contributed by atoms with van der Waals surface area (Å²) in [5.41, 5.74) is -5.23. The third-order valence-corrected chi connectivity index (χ3v) is 5.40. The molecular weight excluding hydrogens is 499 g/mol. The molecule has 0 radical (unpaired) electrons. The van der Waals surface area contributed by atoms with Gasteiger partial charge in [-0.25, -0.2) is 26.3 Å². The first kappa shape index (κ1) is 28.7. The Labute approximate surface area is 194 Å². The van der Waals surface area contributed by atoms with Gasteiger partial charge in [-0.05, 0) is 12.5 Å². The monoisotopic (exact) mass is 521 g/mol. The van der Waals surface area contributed by atoms with Crippen LogP contribution in [0.25, 0.3) is 11.1 Å². The van der Waals surface area contributed by atoms with Crippen molar-refractivity contribution in [2.75, 3.05) is 11.4 Å². The third-order valence-electron chi connectivity index (χ3n) is 5.40. The number of halogens is 11. The number of hydrogen-bond acceptors (Lipinski definition) is 1. The summed E-state index contributed by atoms with van der Waals surface area (Å²) >= 11 is 0. The van der Waals surface area contributed by atoms with E-state index in [1.54, 1.807) is 0 Å². The van der Waals surface area contributed by atoms with Gasteiger partial charge in [-0.2, -0.15) is 22.0 Å². The second-order valence-electron chi connectivity index (χ2n) is 7.89. The van der Waals surface area contributed by atoms with E-state index in [1.165, 1.54) is 0 Å². The molecule has 196 valence electrons. The Bertz CT molecular complexity index is 1020. The van der Waals surface area contributed by atoms with Crippen molar-refractivity contribution in [1.82, 2.24) is 0 Å². The topological polar surface area (TPSA) is 3.24 Å². The van der Waals surface area contributed by atoms with Crippen LogP contribution in [0.5, 0.6) is 0 Å². The van der Waals surface area contributed by atoms with Crippen LogP contribution in [-0.4, -0.2) is 18.8 Å². The molecule has 35 heavy (non-hydrogen) atoms. The van der Waals surface area contributed by atoms with Gasteiger partial charge in [0.05, 0.1) is 11.3 Å².